The van der Waals surface area contributed by atoms with E-state index in [0.29, 0.717) is 17.7 Å². The summed E-state index contributed by atoms with van der Waals surface area (Å²) < 4.78 is 1.33. The number of carboxylic acid groups (broad SMARTS) is 1. The molecular weight excluding hydrogens is 210 g/mol. The molecule has 0 amide bonds. The van der Waals surface area contributed by atoms with Crippen molar-refractivity contribution in [2.24, 2.45) is 0 Å². The van der Waals surface area contributed by atoms with Crippen LogP contribution in [0.25, 0.3) is 5.82 Å². The van der Waals surface area contributed by atoms with Gasteiger partial charge in [-0.05, 0) is 18.2 Å². The summed E-state index contributed by atoms with van der Waals surface area (Å²) in [5, 5.41) is 12.5. The van der Waals surface area contributed by atoms with E-state index in [1.165, 1.54) is 23.1 Å². The summed E-state index contributed by atoms with van der Waals surface area (Å²) in [6, 6.07) is 4.54. The third-order valence-corrected chi connectivity index (χ3v) is 1.95. The highest BCUT2D eigenvalue weighted by atomic mass is 16.4. The molecule has 2 heterocycles. The molecule has 0 bridgehead atoms. The predicted molar refractivity (Wildman–Crippen MR) is 53.7 cm³/mol. The zero-order valence-corrected chi connectivity index (χ0v) is 8.07. The van der Waals surface area contributed by atoms with Gasteiger partial charge in [-0.25, -0.2) is 14.5 Å². The Hall–Kier alpha value is -2.50. The van der Waals surface area contributed by atoms with Gasteiger partial charge in [0.1, 0.15) is 0 Å². The average molecular weight is 217 g/mol. The Morgan fingerprint density at radius 1 is 1.38 bits per heavy atom. The first-order chi connectivity index (χ1) is 7.70. The smallest absolute Gasteiger partial charge is 0.356 e. The fourth-order valence-corrected chi connectivity index (χ4v) is 1.17. The second-order valence-electron chi connectivity index (χ2n) is 3.02. The molecule has 80 valence electrons. The van der Waals surface area contributed by atoms with E-state index in [2.05, 4.69) is 10.1 Å². The molecule has 0 aliphatic carbocycles. The molecule has 0 aliphatic rings. The number of carboxylic acids is 1. The van der Waals surface area contributed by atoms with Crippen molar-refractivity contribution in [1.29, 1.82) is 0 Å². The van der Waals surface area contributed by atoms with Gasteiger partial charge in [0.15, 0.2) is 17.8 Å². The number of carbonyl (C=O) groups is 2. The summed E-state index contributed by atoms with van der Waals surface area (Å²) in [7, 11) is 0. The molecule has 0 saturated carbocycles. The van der Waals surface area contributed by atoms with Gasteiger partial charge < -0.3 is 5.11 Å². The van der Waals surface area contributed by atoms with Crippen LogP contribution in [0.1, 0.15) is 20.8 Å². The van der Waals surface area contributed by atoms with Crippen LogP contribution >= 0.6 is 0 Å². The van der Waals surface area contributed by atoms with Crippen molar-refractivity contribution >= 4 is 12.3 Å². The highest BCUT2D eigenvalue weighted by Gasteiger charge is 2.07. The molecule has 6 nitrogen and oxygen atoms in total. The molecule has 0 saturated heterocycles. The van der Waals surface area contributed by atoms with E-state index in [1.54, 1.807) is 12.1 Å². The number of aldehydes is 1. The third-order valence-electron chi connectivity index (χ3n) is 1.95. The molecule has 16 heavy (non-hydrogen) atoms. The lowest BCUT2D eigenvalue weighted by Crippen LogP contribution is -2.02. The van der Waals surface area contributed by atoms with E-state index in [4.69, 9.17) is 5.11 Å². The topological polar surface area (TPSA) is 85.1 Å². The Morgan fingerprint density at radius 2 is 2.19 bits per heavy atom. The summed E-state index contributed by atoms with van der Waals surface area (Å²) in [5.41, 5.74) is 0.399. The zero-order valence-electron chi connectivity index (χ0n) is 8.07. The Kier molecular flexibility index (Phi) is 2.47. The predicted octanol–water partition coefficient (Wildman–Crippen LogP) is 0.778. The van der Waals surface area contributed by atoms with Crippen LogP contribution in [0.4, 0.5) is 0 Å². The molecule has 0 fully saturated rings. The molecule has 0 atom stereocenters. The van der Waals surface area contributed by atoms with Gasteiger partial charge in [-0.15, -0.1) is 0 Å². The third kappa shape index (κ3) is 1.81. The average Bonchev–Trinajstić information content (AvgIpc) is 2.78. The van der Waals surface area contributed by atoms with Crippen LogP contribution in [0, 0.1) is 0 Å². The van der Waals surface area contributed by atoms with Crippen molar-refractivity contribution < 1.29 is 14.7 Å². The number of carbonyl (C=O) groups excluding carboxylic acids is 1. The SMILES string of the molecule is O=Cc1ccc(-n2ccc(C(=O)O)n2)nc1. The van der Waals surface area contributed by atoms with Gasteiger partial charge in [-0.3, -0.25) is 4.79 Å². The maximum Gasteiger partial charge on any atom is 0.356 e. The summed E-state index contributed by atoms with van der Waals surface area (Å²) in [4.78, 5) is 25.0. The molecule has 6 heteroatoms. The first-order valence-electron chi connectivity index (χ1n) is 4.41. The van der Waals surface area contributed by atoms with E-state index in [0.717, 1.165) is 0 Å². The van der Waals surface area contributed by atoms with Gasteiger partial charge in [0.25, 0.3) is 0 Å². The normalized spacial score (nSPS) is 10.0. The highest BCUT2D eigenvalue weighted by Crippen LogP contribution is 2.05. The first-order valence-corrected chi connectivity index (χ1v) is 4.41. The Bertz CT molecular complexity index is 530. The fraction of sp³-hybridized carbons (Fsp3) is 0. The van der Waals surface area contributed by atoms with E-state index in [9.17, 15) is 9.59 Å². The quantitative estimate of drug-likeness (QED) is 0.768. The zero-order chi connectivity index (χ0) is 11.5. The lowest BCUT2D eigenvalue weighted by molar-refractivity contribution is 0.0690. The maximum absolute atomic E-state index is 10.6. The van der Waals surface area contributed by atoms with E-state index in [1.807, 2.05) is 0 Å². The summed E-state index contributed by atoms with van der Waals surface area (Å²) >= 11 is 0. The molecule has 2 rings (SSSR count). The van der Waals surface area contributed by atoms with E-state index >= 15 is 0 Å². The number of aromatic carboxylic acids is 1. The number of hydrogen-bond donors (Lipinski definition) is 1. The summed E-state index contributed by atoms with van der Waals surface area (Å²) in [6.07, 6.45) is 3.57. The Labute approximate surface area is 90.2 Å². The molecule has 2 aromatic heterocycles. The first kappa shape index (κ1) is 10.0. The Balaban J connectivity index is 2.35. The minimum Gasteiger partial charge on any atom is -0.476 e. The van der Waals surface area contributed by atoms with Crippen molar-refractivity contribution in [2.75, 3.05) is 0 Å². The van der Waals surface area contributed by atoms with Crippen LogP contribution in [-0.4, -0.2) is 32.1 Å². The molecule has 2 aromatic rings. The molecule has 0 unspecified atom stereocenters. The van der Waals surface area contributed by atoms with Gasteiger partial charge in [-0.1, -0.05) is 0 Å². The minimum absolute atomic E-state index is 0.0544. The lowest BCUT2D eigenvalue weighted by atomic mass is 10.3. The summed E-state index contributed by atoms with van der Waals surface area (Å²) in [5.74, 6) is -0.638. The molecule has 1 N–H and O–H groups in total. The Morgan fingerprint density at radius 3 is 2.69 bits per heavy atom. The van der Waals surface area contributed by atoms with Gasteiger partial charge >= 0.3 is 5.97 Å². The number of hydrogen-bond acceptors (Lipinski definition) is 4. The largest absolute Gasteiger partial charge is 0.476 e. The van der Waals surface area contributed by atoms with Crippen molar-refractivity contribution in [1.82, 2.24) is 14.8 Å². The molecular formula is C10H7N3O3. The van der Waals surface area contributed by atoms with Crippen LogP contribution in [-0.2, 0) is 0 Å². The van der Waals surface area contributed by atoms with Gasteiger partial charge in [0.05, 0.1) is 0 Å². The van der Waals surface area contributed by atoms with E-state index in [-0.39, 0.29) is 5.69 Å². The lowest BCUT2D eigenvalue weighted by Gasteiger charge is -1.99. The standard InChI is InChI=1S/C10H7N3O3/c14-6-7-1-2-9(11-5-7)13-4-3-8(12-13)10(15)16/h1-6H,(H,15,16). The fourth-order valence-electron chi connectivity index (χ4n) is 1.17. The second kappa shape index (κ2) is 3.93. The molecule has 0 spiro atoms. The number of rotatable bonds is 3. The highest BCUT2D eigenvalue weighted by molar-refractivity contribution is 5.85. The van der Waals surface area contributed by atoms with Gasteiger partial charge in [0.2, 0.25) is 0 Å². The van der Waals surface area contributed by atoms with Gasteiger partial charge in [0, 0.05) is 18.0 Å². The number of aromatic nitrogens is 3. The molecule has 0 aromatic carbocycles. The van der Waals surface area contributed by atoms with Crippen molar-refractivity contribution in [2.45, 2.75) is 0 Å². The van der Waals surface area contributed by atoms with E-state index < -0.39 is 5.97 Å². The van der Waals surface area contributed by atoms with Crippen LogP contribution in [0.5, 0.6) is 0 Å². The number of nitrogens with zero attached hydrogens (tertiary/aromatic N) is 3. The van der Waals surface area contributed by atoms with Crippen LogP contribution in [0.2, 0.25) is 0 Å². The van der Waals surface area contributed by atoms with Crippen LogP contribution < -0.4 is 0 Å². The molecule has 0 aliphatic heterocycles. The van der Waals surface area contributed by atoms with Crippen molar-refractivity contribution in [3.8, 4) is 5.82 Å². The molecule has 0 radical (unpaired) electrons. The maximum atomic E-state index is 10.6. The monoisotopic (exact) mass is 217 g/mol. The number of pyridine rings is 1. The minimum atomic E-state index is -1.09. The summed E-state index contributed by atoms with van der Waals surface area (Å²) in [6.45, 7) is 0. The van der Waals surface area contributed by atoms with Crippen LogP contribution in [0.15, 0.2) is 30.6 Å². The van der Waals surface area contributed by atoms with Crippen LogP contribution in [0.3, 0.4) is 0 Å². The second-order valence-corrected chi connectivity index (χ2v) is 3.02. The van der Waals surface area contributed by atoms with Gasteiger partial charge in [-0.2, -0.15) is 5.10 Å². The van der Waals surface area contributed by atoms with Crippen molar-refractivity contribution in [3.63, 3.8) is 0 Å². The van der Waals surface area contributed by atoms with Crippen molar-refractivity contribution in [3.05, 3.63) is 41.9 Å².